The van der Waals surface area contributed by atoms with Crippen molar-refractivity contribution in [2.45, 2.75) is 97.1 Å². The lowest BCUT2D eigenvalue weighted by atomic mass is 10.1. The molecule has 0 aromatic heterocycles. The van der Waals surface area contributed by atoms with Crippen molar-refractivity contribution < 1.29 is 17.6 Å². The van der Waals surface area contributed by atoms with Crippen LogP contribution in [0.2, 0.25) is 13.1 Å². The molecule has 0 aliphatic rings. The topological polar surface area (TPSA) is 18.5 Å². The highest BCUT2D eigenvalue weighted by atomic mass is 28.4. The summed E-state index contributed by atoms with van der Waals surface area (Å²) >= 11 is 0. The van der Waals surface area contributed by atoms with Crippen LogP contribution in [0.1, 0.15) is 84.0 Å². The fourth-order valence-electron chi connectivity index (χ4n) is 3.16. The van der Waals surface area contributed by atoms with Gasteiger partial charge < -0.3 is 8.85 Å². The van der Waals surface area contributed by atoms with E-state index in [0.717, 1.165) is 18.9 Å². The number of rotatable bonds is 16. The lowest BCUT2D eigenvalue weighted by Crippen LogP contribution is -2.38. The first-order valence-corrected chi connectivity index (χ1v) is 13.5. The third kappa shape index (κ3) is 13.0. The highest BCUT2D eigenvalue weighted by Crippen LogP contribution is 2.20. The molecule has 0 radical (unpaired) electrons. The van der Waals surface area contributed by atoms with Gasteiger partial charge in [-0.15, -0.1) is 0 Å². The molecule has 0 heterocycles. The molecular weight excluding hydrogens is 362 g/mol. The van der Waals surface area contributed by atoms with Crippen LogP contribution in [-0.4, -0.2) is 15.2 Å². The van der Waals surface area contributed by atoms with Gasteiger partial charge in [-0.05, 0) is 19.5 Å². The zero-order valence-electron chi connectivity index (χ0n) is 17.5. The first-order chi connectivity index (χ1) is 12.9. The zero-order chi connectivity index (χ0) is 20.0. The average Bonchev–Trinajstić information content (AvgIpc) is 2.57. The van der Waals surface area contributed by atoms with Gasteiger partial charge in [0.2, 0.25) is 0 Å². The van der Waals surface area contributed by atoms with Gasteiger partial charge in [-0.1, -0.05) is 77.6 Å². The molecule has 2 nitrogen and oxygen atoms in total. The summed E-state index contributed by atoms with van der Waals surface area (Å²) in [6.45, 7) is 6.70. The average molecular weight is 401 g/mol. The fraction of sp³-hybridized carbons (Fsp3) is 0.727. The Morgan fingerprint density at radius 1 is 0.704 bits per heavy atom. The molecule has 0 N–H and O–H groups in total. The van der Waals surface area contributed by atoms with Gasteiger partial charge in [0.25, 0.3) is 0 Å². The normalized spacial score (nSPS) is 11.7. The van der Waals surface area contributed by atoms with Crippen molar-refractivity contribution in [1.29, 1.82) is 0 Å². The van der Waals surface area contributed by atoms with E-state index in [2.05, 4.69) is 6.92 Å². The van der Waals surface area contributed by atoms with Gasteiger partial charge in [0, 0.05) is 24.8 Å². The van der Waals surface area contributed by atoms with E-state index in [9.17, 15) is 8.78 Å². The van der Waals surface area contributed by atoms with Crippen molar-refractivity contribution in [3.05, 3.63) is 29.8 Å². The standard InChI is InChI=1S/C22H38F2O2Si/c1-4-5-6-7-8-9-10-11-12-13-14-15-16-25-27(2,3)26-22-18-20(23)17-21(24)19-22/h17-19H,4-16H2,1-3H3. The van der Waals surface area contributed by atoms with Gasteiger partial charge >= 0.3 is 8.56 Å². The van der Waals surface area contributed by atoms with Crippen LogP contribution in [0.15, 0.2) is 18.2 Å². The minimum Gasteiger partial charge on any atom is -0.520 e. The van der Waals surface area contributed by atoms with Gasteiger partial charge in [0.05, 0.1) is 0 Å². The third-order valence-corrected chi connectivity index (χ3v) is 6.27. The second kappa shape index (κ2) is 14.1. The molecule has 1 aromatic rings. The van der Waals surface area contributed by atoms with Crippen molar-refractivity contribution in [1.82, 2.24) is 0 Å². The van der Waals surface area contributed by atoms with Crippen LogP contribution >= 0.6 is 0 Å². The quantitative estimate of drug-likeness (QED) is 0.208. The predicted molar refractivity (Wildman–Crippen MR) is 111 cm³/mol. The molecule has 0 aliphatic heterocycles. The molecule has 0 unspecified atom stereocenters. The Kier molecular flexibility index (Phi) is 12.6. The van der Waals surface area contributed by atoms with E-state index >= 15 is 0 Å². The number of unbranched alkanes of at least 4 members (excludes halogenated alkanes) is 11. The van der Waals surface area contributed by atoms with Crippen molar-refractivity contribution >= 4 is 8.56 Å². The first kappa shape index (κ1) is 24.1. The van der Waals surface area contributed by atoms with Crippen molar-refractivity contribution in [2.75, 3.05) is 6.61 Å². The molecule has 0 aliphatic carbocycles. The smallest absolute Gasteiger partial charge is 0.392 e. The van der Waals surface area contributed by atoms with Gasteiger partial charge in [-0.2, -0.15) is 0 Å². The van der Waals surface area contributed by atoms with E-state index < -0.39 is 20.2 Å². The predicted octanol–water partition coefficient (Wildman–Crippen LogP) is 7.76. The highest BCUT2D eigenvalue weighted by molar-refractivity contribution is 6.65. The maximum Gasteiger partial charge on any atom is 0.392 e. The van der Waals surface area contributed by atoms with Gasteiger partial charge in [-0.25, -0.2) is 8.78 Å². The second-order valence-electron chi connectivity index (χ2n) is 7.84. The number of halogens is 2. The molecule has 0 saturated carbocycles. The first-order valence-electron chi connectivity index (χ1n) is 10.7. The molecule has 0 atom stereocenters. The molecule has 0 saturated heterocycles. The maximum atomic E-state index is 13.2. The SMILES string of the molecule is CCCCCCCCCCCCCCO[Si](C)(C)Oc1cc(F)cc(F)c1. The summed E-state index contributed by atoms with van der Waals surface area (Å²) in [6.07, 6.45) is 15.7. The summed E-state index contributed by atoms with van der Waals surface area (Å²) in [7, 11) is -2.42. The van der Waals surface area contributed by atoms with Crippen LogP contribution in [-0.2, 0) is 4.43 Å². The molecule has 1 rings (SSSR count). The Labute approximate surface area is 165 Å². The van der Waals surface area contributed by atoms with E-state index in [1.54, 1.807) is 0 Å². The van der Waals surface area contributed by atoms with E-state index in [1.807, 2.05) is 13.1 Å². The zero-order valence-corrected chi connectivity index (χ0v) is 18.5. The summed E-state index contributed by atoms with van der Waals surface area (Å²) in [5.41, 5.74) is 0. The number of hydrogen-bond donors (Lipinski definition) is 0. The molecule has 0 fully saturated rings. The van der Waals surface area contributed by atoms with Crippen molar-refractivity contribution in [3.63, 3.8) is 0 Å². The maximum absolute atomic E-state index is 13.2. The van der Waals surface area contributed by atoms with Gasteiger partial charge in [-0.3, -0.25) is 0 Å². The minimum absolute atomic E-state index is 0.207. The molecular formula is C22H38F2O2Si. The molecule has 156 valence electrons. The number of benzene rings is 1. The van der Waals surface area contributed by atoms with Crippen LogP contribution in [0.25, 0.3) is 0 Å². The van der Waals surface area contributed by atoms with Crippen LogP contribution in [0.3, 0.4) is 0 Å². The molecule has 27 heavy (non-hydrogen) atoms. The van der Waals surface area contributed by atoms with E-state index in [0.29, 0.717) is 6.61 Å². The minimum atomic E-state index is -2.42. The summed E-state index contributed by atoms with van der Waals surface area (Å²) in [5, 5.41) is 0. The summed E-state index contributed by atoms with van der Waals surface area (Å²) < 4.78 is 38.0. The molecule has 0 bridgehead atoms. The monoisotopic (exact) mass is 400 g/mol. The van der Waals surface area contributed by atoms with E-state index in [1.165, 1.54) is 76.3 Å². The Hall–Kier alpha value is -0.943. The van der Waals surface area contributed by atoms with Crippen LogP contribution in [0.5, 0.6) is 5.75 Å². The second-order valence-corrected chi connectivity index (χ2v) is 11.1. The number of hydrogen-bond acceptors (Lipinski definition) is 2. The van der Waals surface area contributed by atoms with Crippen molar-refractivity contribution in [3.8, 4) is 5.75 Å². The molecule has 5 heteroatoms. The van der Waals surface area contributed by atoms with E-state index in [4.69, 9.17) is 8.85 Å². The molecule has 0 spiro atoms. The van der Waals surface area contributed by atoms with Crippen LogP contribution in [0.4, 0.5) is 8.78 Å². The summed E-state index contributed by atoms with van der Waals surface area (Å²) in [4.78, 5) is 0. The third-order valence-electron chi connectivity index (χ3n) is 4.65. The Morgan fingerprint density at radius 2 is 1.15 bits per heavy atom. The fourth-order valence-corrected chi connectivity index (χ4v) is 4.54. The lowest BCUT2D eigenvalue weighted by Gasteiger charge is -2.24. The summed E-state index contributed by atoms with van der Waals surface area (Å²) in [6, 6.07) is 3.24. The lowest BCUT2D eigenvalue weighted by molar-refractivity contribution is 0.240. The van der Waals surface area contributed by atoms with Gasteiger partial charge in [0.1, 0.15) is 17.4 Å². The molecule has 0 amide bonds. The molecule has 1 aromatic carbocycles. The highest BCUT2D eigenvalue weighted by Gasteiger charge is 2.27. The van der Waals surface area contributed by atoms with Crippen molar-refractivity contribution in [2.24, 2.45) is 0 Å². The van der Waals surface area contributed by atoms with E-state index in [-0.39, 0.29) is 5.75 Å². The Morgan fingerprint density at radius 3 is 1.63 bits per heavy atom. The Bertz CT molecular complexity index is 489. The largest absolute Gasteiger partial charge is 0.520 e. The van der Waals surface area contributed by atoms with Gasteiger partial charge in [0.15, 0.2) is 0 Å². The van der Waals surface area contributed by atoms with Crippen LogP contribution in [0, 0.1) is 11.6 Å². The van der Waals surface area contributed by atoms with Crippen LogP contribution < -0.4 is 4.43 Å². The summed E-state index contributed by atoms with van der Waals surface area (Å²) in [5.74, 6) is -1.05. The Balaban J connectivity index is 2.00.